The van der Waals surface area contributed by atoms with Gasteiger partial charge in [-0.2, -0.15) is 0 Å². The smallest absolute Gasteiger partial charge is 0.335 e. The standard InChI is InChI=1S/C57H90O24/c1-10-24(2)47(72)76-34-19-52(3,4)17-26-25-11-12-31-54(7)15-14-33(53(5,6)30(54)13-16-55(31,8)56(25,9)18-32(62)57(26,34)23-59)77-51-45(81-49-40(68)38(66)37(65)29(20-58)75-49)42(41(69)43(79-51)46(70)71)78-50-44(36(64)28(61)22-74-50)80-48-39(67)35(63)27(60)21-73-48/h10-11,26-45,48-51,58-69H,12-23H2,1-9H3,(H,70,71)/b24-10-/t26-,27+,28-,29+,30-,31+,32+,33-,34-,35-,36-,37-,38-,39+,40+,41-,42-,43-,44+,45+,48-,49-,50-,51+,54-,55+,56+,57-/m0/s1. The van der Waals surface area contributed by atoms with Gasteiger partial charge in [-0.3, -0.25) is 0 Å². The van der Waals surface area contributed by atoms with E-state index in [2.05, 4.69) is 54.5 Å². The van der Waals surface area contributed by atoms with E-state index < -0.39 is 177 Å². The van der Waals surface area contributed by atoms with Crippen molar-refractivity contribution in [1.82, 2.24) is 0 Å². The molecule has 24 nitrogen and oxygen atoms in total. The Kier molecular flexibility index (Phi) is 18.0. The summed E-state index contributed by atoms with van der Waals surface area (Å²) in [5, 5.41) is 143. The predicted molar refractivity (Wildman–Crippen MR) is 277 cm³/mol. The van der Waals surface area contributed by atoms with Gasteiger partial charge in [0.2, 0.25) is 0 Å². The lowest BCUT2D eigenvalue weighted by Gasteiger charge is -2.72. The van der Waals surface area contributed by atoms with E-state index in [0.29, 0.717) is 50.5 Å². The topological polar surface area (TPSA) is 380 Å². The summed E-state index contributed by atoms with van der Waals surface area (Å²) in [6.45, 7) is 16.4. The van der Waals surface area contributed by atoms with Crippen molar-refractivity contribution in [1.29, 1.82) is 0 Å². The van der Waals surface area contributed by atoms with Crippen LogP contribution in [0.15, 0.2) is 23.3 Å². The Morgan fingerprint density at radius 3 is 1.93 bits per heavy atom. The van der Waals surface area contributed by atoms with Crippen LogP contribution in [0.25, 0.3) is 0 Å². The monoisotopic (exact) mass is 1160 g/mol. The van der Waals surface area contributed by atoms with Gasteiger partial charge in [0.15, 0.2) is 31.3 Å². The van der Waals surface area contributed by atoms with Crippen LogP contribution in [0.3, 0.4) is 0 Å². The first-order valence-electron chi connectivity index (χ1n) is 28.8. The summed E-state index contributed by atoms with van der Waals surface area (Å²) >= 11 is 0. The molecule has 8 fully saturated rings. The lowest BCUT2D eigenvalue weighted by molar-refractivity contribution is -0.399. The van der Waals surface area contributed by atoms with Crippen LogP contribution in [0, 0.1) is 50.2 Å². The predicted octanol–water partition coefficient (Wildman–Crippen LogP) is -0.733. The van der Waals surface area contributed by atoms with Gasteiger partial charge in [-0.1, -0.05) is 66.2 Å². The van der Waals surface area contributed by atoms with Crippen molar-refractivity contribution in [2.45, 2.75) is 243 Å². The first kappa shape index (κ1) is 63.1. The van der Waals surface area contributed by atoms with Gasteiger partial charge in [0.1, 0.15) is 85.5 Å². The quantitative estimate of drug-likeness (QED) is 0.0468. The molecule has 0 aromatic carbocycles. The highest BCUT2D eigenvalue weighted by Gasteiger charge is 2.72. The number of allylic oxidation sites excluding steroid dienone is 3. The molecule has 24 heteroatoms. The van der Waals surface area contributed by atoms with Crippen LogP contribution >= 0.6 is 0 Å². The van der Waals surface area contributed by atoms with Gasteiger partial charge in [0, 0.05) is 5.57 Å². The fraction of sp³-hybridized carbons (Fsp3) is 0.895. The fourth-order valence-corrected chi connectivity index (χ4v) is 16.8. The Labute approximate surface area is 471 Å². The largest absolute Gasteiger partial charge is 0.479 e. The Balaban J connectivity index is 1.03. The molecule has 28 atom stereocenters. The molecule has 0 aromatic heterocycles. The fourth-order valence-electron chi connectivity index (χ4n) is 16.8. The molecule has 462 valence electrons. The first-order chi connectivity index (χ1) is 37.9. The molecule has 4 saturated carbocycles. The third-order valence-electron chi connectivity index (χ3n) is 21.7. The van der Waals surface area contributed by atoms with E-state index in [1.165, 1.54) is 5.57 Å². The zero-order valence-corrected chi connectivity index (χ0v) is 47.8. The number of carbonyl (C=O) groups excluding carboxylic acids is 1. The van der Waals surface area contributed by atoms with Crippen LogP contribution in [-0.4, -0.2) is 234 Å². The minimum atomic E-state index is -2.19. The minimum Gasteiger partial charge on any atom is -0.479 e. The number of carboxylic acid groups (broad SMARTS) is 1. The number of hydrogen-bond acceptors (Lipinski definition) is 23. The second-order valence-corrected chi connectivity index (χ2v) is 27.0. The van der Waals surface area contributed by atoms with Crippen molar-refractivity contribution in [3.63, 3.8) is 0 Å². The molecule has 4 heterocycles. The van der Waals surface area contributed by atoms with Gasteiger partial charge in [-0.05, 0) is 110 Å². The Hall–Kier alpha value is -2.38. The SMILES string of the molecule is C/C=C(/C)C(=O)O[C@H]1CC(C)(C)C[C@H]2C3=CC[C@@H]4[C@@]5(C)CC[C@H](O[C@@H]6O[C@H](C(=O)O)[C@@H](O)[C@H](O[C@@H]7OC[C@H](O)[C@H](O)[C@H]7O[C@@H]7OC[C@@H](O)[C@H](O)[C@H]7O)[C@H]6O[C@@H]6O[C@H](CO)[C@H](O)[C@H](O)[C@H]6O)C(C)(C)[C@@H]5CC[C@@]4(C)[C@]3(C)C[C@@H](O)[C@@]12CO. The molecule has 13 N–H and O–H groups in total. The highest BCUT2D eigenvalue weighted by atomic mass is 16.8. The molecule has 0 unspecified atom stereocenters. The number of aliphatic hydroxyl groups excluding tert-OH is 12. The van der Waals surface area contributed by atoms with Crippen molar-refractivity contribution >= 4 is 11.9 Å². The summed E-state index contributed by atoms with van der Waals surface area (Å²) in [6.07, 6.45) is -27.1. The second kappa shape index (κ2) is 23.0. The lowest BCUT2D eigenvalue weighted by atomic mass is 9.33. The van der Waals surface area contributed by atoms with Crippen LogP contribution in [-0.2, 0) is 52.2 Å². The molecule has 4 aliphatic heterocycles. The summed E-state index contributed by atoms with van der Waals surface area (Å²) in [6, 6.07) is 0. The minimum absolute atomic E-state index is 0.0579. The maximum Gasteiger partial charge on any atom is 0.335 e. The number of carboxylic acids is 1. The average Bonchev–Trinajstić information content (AvgIpc) is 3.28. The normalized spacial score (nSPS) is 51.6. The van der Waals surface area contributed by atoms with E-state index >= 15 is 0 Å². The molecule has 0 amide bonds. The molecule has 81 heavy (non-hydrogen) atoms. The Bertz CT molecular complexity index is 2330. The number of esters is 1. The van der Waals surface area contributed by atoms with Gasteiger partial charge in [-0.15, -0.1) is 0 Å². The van der Waals surface area contributed by atoms with Crippen molar-refractivity contribution < 1.29 is 119 Å². The van der Waals surface area contributed by atoms with E-state index in [1.54, 1.807) is 19.9 Å². The van der Waals surface area contributed by atoms with Crippen molar-refractivity contribution in [3.8, 4) is 0 Å². The lowest BCUT2D eigenvalue weighted by Crippen LogP contribution is -2.70. The van der Waals surface area contributed by atoms with Gasteiger partial charge in [0.05, 0.1) is 44.1 Å². The second-order valence-electron chi connectivity index (χ2n) is 27.0. The number of fused-ring (bicyclic) bond motifs is 7. The molecule has 0 bridgehead atoms. The summed E-state index contributed by atoms with van der Waals surface area (Å²) in [7, 11) is 0. The van der Waals surface area contributed by atoms with Crippen LogP contribution in [0.2, 0.25) is 0 Å². The molecular formula is C57H90O24. The summed E-state index contributed by atoms with van der Waals surface area (Å²) < 4.78 is 54.9. The van der Waals surface area contributed by atoms with Crippen LogP contribution in [0.1, 0.15) is 114 Å². The molecule has 9 rings (SSSR count). The zero-order valence-electron chi connectivity index (χ0n) is 47.8. The van der Waals surface area contributed by atoms with E-state index in [-0.39, 0.29) is 40.6 Å². The molecule has 0 radical (unpaired) electrons. The number of hydrogen-bond donors (Lipinski definition) is 13. The molecule has 4 saturated heterocycles. The van der Waals surface area contributed by atoms with Gasteiger partial charge in [0.25, 0.3) is 0 Å². The van der Waals surface area contributed by atoms with Crippen molar-refractivity contribution in [2.24, 2.45) is 50.2 Å². The maximum atomic E-state index is 13.4. The Morgan fingerprint density at radius 2 is 1.28 bits per heavy atom. The maximum absolute atomic E-state index is 13.4. The van der Waals surface area contributed by atoms with Gasteiger partial charge >= 0.3 is 11.9 Å². The van der Waals surface area contributed by atoms with Gasteiger partial charge in [-0.25, -0.2) is 9.59 Å². The molecule has 0 aromatic rings. The summed E-state index contributed by atoms with van der Waals surface area (Å²) in [5.74, 6) is -2.42. The van der Waals surface area contributed by atoms with Gasteiger partial charge < -0.3 is 109 Å². The van der Waals surface area contributed by atoms with Crippen molar-refractivity contribution in [3.05, 3.63) is 23.3 Å². The molecule has 5 aliphatic carbocycles. The van der Waals surface area contributed by atoms with Crippen LogP contribution < -0.4 is 0 Å². The average molecular weight is 1160 g/mol. The highest BCUT2D eigenvalue weighted by molar-refractivity contribution is 5.87. The number of rotatable bonds is 13. The number of aliphatic hydroxyl groups is 12. The zero-order chi connectivity index (χ0) is 59.4. The number of ether oxygens (including phenoxy) is 9. The highest BCUT2D eigenvalue weighted by Crippen LogP contribution is 2.76. The number of carbonyl (C=O) groups is 2. The third kappa shape index (κ3) is 10.5. The summed E-state index contributed by atoms with van der Waals surface area (Å²) in [4.78, 5) is 26.5. The first-order valence-corrected chi connectivity index (χ1v) is 28.8. The van der Waals surface area contributed by atoms with E-state index in [9.17, 15) is 76.0 Å². The third-order valence-corrected chi connectivity index (χ3v) is 21.7. The van der Waals surface area contributed by atoms with Crippen LogP contribution in [0.5, 0.6) is 0 Å². The van der Waals surface area contributed by atoms with E-state index in [1.807, 2.05) is 0 Å². The molecule has 0 spiro atoms. The Morgan fingerprint density at radius 1 is 0.654 bits per heavy atom. The summed E-state index contributed by atoms with van der Waals surface area (Å²) in [5.41, 5.74) is -1.79. The van der Waals surface area contributed by atoms with Crippen LogP contribution in [0.4, 0.5) is 0 Å². The van der Waals surface area contributed by atoms with Crippen molar-refractivity contribution in [2.75, 3.05) is 26.4 Å². The van der Waals surface area contributed by atoms with E-state index in [0.717, 1.165) is 6.42 Å². The molecular weight excluding hydrogens is 1070 g/mol. The molecule has 9 aliphatic rings. The number of aliphatic carboxylic acids is 1. The van der Waals surface area contributed by atoms with E-state index in [4.69, 9.17) is 42.6 Å².